The fraction of sp³-hybridized carbons (Fsp3) is 1.00. The number of halogens is 3. The smallest absolute Gasteiger partial charge is 0.308 e. The minimum Gasteiger partial charge on any atom is -0.308 e. The Bertz CT molecular complexity index is 192. The van der Waals surface area contributed by atoms with Crippen LogP contribution in [-0.2, 0) is 0 Å². The molecule has 0 spiro atoms. The van der Waals surface area contributed by atoms with Crippen LogP contribution in [0.1, 0.15) is 26.2 Å². The van der Waals surface area contributed by atoms with E-state index >= 15 is 0 Å². The van der Waals surface area contributed by atoms with Gasteiger partial charge in [0, 0.05) is 6.54 Å². The maximum Gasteiger partial charge on any atom is 0.401 e. The van der Waals surface area contributed by atoms with Crippen molar-refractivity contribution in [3.8, 4) is 0 Å². The van der Waals surface area contributed by atoms with Crippen LogP contribution in [0.2, 0.25) is 0 Å². The summed E-state index contributed by atoms with van der Waals surface area (Å²) in [5, 5.41) is 2.51. The number of alkyl halides is 3. The minimum atomic E-state index is -4.09. The maximum atomic E-state index is 11.9. The van der Waals surface area contributed by atoms with Crippen molar-refractivity contribution in [2.45, 2.75) is 32.4 Å². The van der Waals surface area contributed by atoms with Gasteiger partial charge in [0.15, 0.2) is 0 Å². The molecule has 1 heterocycles. The van der Waals surface area contributed by atoms with E-state index in [1.54, 1.807) is 0 Å². The van der Waals surface area contributed by atoms with Gasteiger partial charge >= 0.3 is 6.18 Å². The molecule has 0 radical (unpaired) electrons. The molecule has 1 saturated heterocycles. The second-order valence-corrected chi connectivity index (χ2v) is 4.55. The Kier molecular flexibility index (Phi) is 5.55. The highest BCUT2D eigenvalue weighted by Crippen LogP contribution is 2.17. The van der Waals surface area contributed by atoms with Crippen LogP contribution in [0.5, 0.6) is 0 Å². The summed E-state index contributed by atoms with van der Waals surface area (Å²) in [7, 11) is 0. The lowest BCUT2D eigenvalue weighted by Gasteiger charge is -2.32. The molecule has 1 unspecified atom stereocenters. The van der Waals surface area contributed by atoms with E-state index in [4.69, 9.17) is 0 Å². The first-order valence-electron chi connectivity index (χ1n) is 6.01. The molecule has 1 atom stereocenters. The molecule has 0 saturated carbocycles. The number of nitrogens with zero attached hydrogens (tertiary/aromatic N) is 1. The van der Waals surface area contributed by atoms with E-state index in [9.17, 15) is 13.2 Å². The predicted octanol–water partition coefficient (Wildman–Crippen LogP) is 2.26. The molecule has 1 aliphatic rings. The highest BCUT2D eigenvalue weighted by molar-refractivity contribution is 4.74. The molecule has 5 heteroatoms. The van der Waals surface area contributed by atoms with Crippen LogP contribution in [0.4, 0.5) is 13.2 Å². The van der Waals surface area contributed by atoms with Gasteiger partial charge in [-0.05, 0) is 44.8 Å². The van der Waals surface area contributed by atoms with E-state index < -0.39 is 12.7 Å². The summed E-state index contributed by atoms with van der Waals surface area (Å²) in [5.74, 6) is 0.377. The number of hydrogen-bond donors (Lipinski definition) is 1. The zero-order chi connectivity index (χ0) is 12.0. The second kappa shape index (κ2) is 6.45. The monoisotopic (exact) mass is 238 g/mol. The molecule has 0 aromatic rings. The first-order valence-corrected chi connectivity index (χ1v) is 6.01. The summed E-state index contributed by atoms with van der Waals surface area (Å²) in [6.07, 6.45) is -0.816. The van der Waals surface area contributed by atoms with E-state index in [-0.39, 0.29) is 0 Å². The van der Waals surface area contributed by atoms with Crippen LogP contribution in [0.15, 0.2) is 0 Å². The molecular weight excluding hydrogens is 217 g/mol. The van der Waals surface area contributed by atoms with Crippen molar-refractivity contribution in [3.63, 3.8) is 0 Å². The summed E-state index contributed by atoms with van der Waals surface area (Å²) < 4.78 is 35.8. The Labute approximate surface area is 95.2 Å². The molecule has 0 amide bonds. The van der Waals surface area contributed by atoms with Crippen LogP contribution in [0.3, 0.4) is 0 Å². The lowest BCUT2D eigenvalue weighted by molar-refractivity contribution is -0.125. The third-order valence-electron chi connectivity index (χ3n) is 2.90. The molecule has 2 nitrogen and oxygen atoms in total. The number of nitrogens with one attached hydrogen (secondary N) is 1. The molecule has 1 aliphatic heterocycles. The lowest BCUT2D eigenvalue weighted by atomic mass is 9.98. The first-order chi connectivity index (χ1) is 7.51. The molecule has 0 aliphatic carbocycles. The van der Waals surface area contributed by atoms with E-state index in [1.165, 1.54) is 0 Å². The van der Waals surface area contributed by atoms with Gasteiger partial charge in [-0.1, -0.05) is 6.92 Å². The molecule has 1 fully saturated rings. The summed E-state index contributed by atoms with van der Waals surface area (Å²) >= 11 is 0. The van der Waals surface area contributed by atoms with Gasteiger partial charge in [0.1, 0.15) is 0 Å². The van der Waals surface area contributed by atoms with Crippen molar-refractivity contribution < 1.29 is 13.2 Å². The Balaban J connectivity index is 2.16. The van der Waals surface area contributed by atoms with Crippen LogP contribution in [0.25, 0.3) is 0 Å². The SMILES string of the molecule is CCCN1CCCC(CNCC(F)(F)F)C1. The normalized spacial score (nSPS) is 23.6. The molecule has 0 aromatic carbocycles. The Morgan fingerprint density at radius 2 is 2.12 bits per heavy atom. The largest absolute Gasteiger partial charge is 0.401 e. The maximum absolute atomic E-state index is 11.9. The van der Waals surface area contributed by atoms with Crippen LogP contribution in [-0.4, -0.2) is 43.8 Å². The van der Waals surface area contributed by atoms with E-state index in [0.29, 0.717) is 12.5 Å². The number of rotatable bonds is 5. The average molecular weight is 238 g/mol. The number of piperidine rings is 1. The van der Waals surface area contributed by atoms with Crippen LogP contribution < -0.4 is 5.32 Å². The second-order valence-electron chi connectivity index (χ2n) is 4.55. The quantitative estimate of drug-likeness (QED) is 0.790. The molecular formula is C11H21F3N2. The van der Waals surface area contributed by atoms with Gasteiger partial charge < -0.3 is 10.2 Å². The average Bonchev–Trinajstić information content (AvgIpc) is 2.17. The Morgan fingerprint density at radius 3 is 2.75 bits per heavy atom. The molecule has 96 valence electrons. The van der Waals surface area contributed by atoms with Gasteiger partial charge in [-0.2, -0.15) is 13.2 Å². The topological polar surface area (TPSA) is 15.3 Å². The molecule has 0 aromatic heterocycles. The third-order valence-corrected chi connectivity index (χ3v) is 2.90. The number of likely N-dealkylation sites (tertiary alicyclic amines) is 1. The van der Waals surface area contributed by atoms with Crippen LogP contribution >= 0.6 is 0 Å². The third kappa shape index (κ3) is 5.70. The van der Waals surface area contributed by atoms with Gasteiger partial charge in [-0.15, -0.1) is 0 Å². The number of hydrogen-bond acceptors (Lipinski definition) is 2. The van der Waals surface area contributed by atoms with Crippen molar-refractivity contribution in [1.82, 2.24) is 10.2 Å². The van der Waals surface area contributed by atoms with Crippen molar-refractivity contribution in [2.24, 2.45) is 5.92 Å². The minimum absolute atomic E-state index is 0.377. The predicted molar refractivity (Wildman–Crippen MR) is 58.4 cm³/mol. The summed E-state index contributed by atoms with van der Waals surface area (Å²) in [4.78, 5) is 2.35. The first kappa shape index (κ1) is 13.8. The fourth-order valence-electron chi connectivity index (χ4n) is 2.26. The Morgan fingerprint density at radius 1 is 1.38 bits per heavy atom. The van der Waals surface area contributed by atoms with Crippen molar-refractivity contribution in [1.29, 1.82) is 0 Å². The van der Waals surface area contributed by atoms with Gasteiger partial charge in [0.05, 0.1) is 6.54 Å². The zero-order valence-electron chi connectivity index (χ0n) is 9.82. The van der Waals surface area contributed by atoms with Crippen molar-refractivity contribution >= 4 is 0 Å². The van der Waals surface area contributed by atoms with E-state index in [0.717, 1.165) is 38.9 Å². The summed E-state index contributed by atoms with van der Waals surface area (Å²) in [5.41, 5.74) is 0. The summed E-state index contributed by atoms with van der Waals surface area (Å²) in [6.45, 7) is 4.86. The van der Waals surface area contributed by atoms with Gasteiger partial charge in [-0.3, -0.25) is 0 Å². The molecule has 1 rings (SSSR count). The van der Waals surface area contributed by atoms with E-state index in [2.05, 4.69) is 17.1 Å². The zero-order valence-corrected chi connectivity index (χ0v) is 9.82. The molecule has 1 N–H and O–H groups in total. The van der Waals surface area contributed by atoms with Gasteiger partial charge in [0.25, 0.3) is 0 Å². The fourth-order valence-corrected chi connectivity index (χ4v) is 2.26. The molecule has 16 heavy (non-hydrogen) atoms. The van der Waals surface area contributed by atoms with Gasteiger partial charge in [0.2, 0.25) is 0 Å². The standard InChI is InChI=1S/C11H21F3N2/c1-2-5-16-6-3-4-10(8-16)7-15-9-11(12,13)14/h10,15H,2-9H2,1H3. The summed E-state index contributed by atoms with van der Waals surface area (Å²) in [6, 6.07) is 0. The van der Waals surface area contributed by atoms with Crippen molar-refractivity contribution in [3.05, 3.63) is 0 Å². The highest BCUT2D eigenvalue weighted by Gasteiger charge is 2.27. The van der Waals surface area contributed by atoms with E-state index in [1.807, 2.05) is 0 Å². The van der Waals surface area contributed by atoms with Gasteiger partial charge in [-0.25, -0.2) is 0 Å². The lowest BCUT2D eigenvalue weighted by Crippen LogP contribution is -2.41. The van der Waals surface area contributed by atoms with Crippen LogP contribution in [0, 0.1) is 5.92 Å². The highest BCUT2D eigenvalue weighted by atomic mass is 19.4. The Hall–Kier alpha value is -0.290. The molecule has 0 bridgehead atoms. The van der Waals surface area contributed by atoms with Crippen molar-refractivity contribution in [2.75, 3.05) is 32.7 Å².